The van der Waals surface area contributed by atoms with E-state index in [2.05, 4.69) is 5.10 Å². The van der Waals surface area contributed by atoms with E-state index in [1.807, 2.05) is 79.7 Å². The molecule has 1 spiro atoms. The number of carbonyl (C=O) groups is 2. The Hall–Kier alpha value is -5.17. The Morgan fingerprint density at radius 3 is 2.47 bits per heavy atom. The van der Waals surface area contributed by atoms with Gasteiger partial charge < -0.3 is 28.5 Å². The van der Waals surface area contributed by atoms with Crippen LogP contribution in [0.2, 0.25) is 18.6 Å². The molecule has 53 heavy (non-hydrogen) atoms. The number of hydrogen-bond acceptors (Lipinski definition) is 7. The first-order valence-corrected chi connectivity index (χ1v) is 20.8. The number of carbonyl (C=O) groups excluding carboxylic acids is 2. The van der Waals surface area contributed by atoms with Crippen molar-refractivity contribution in [2.75, 3.05) is 25.2 Å². The molecular formula is C41H43FN4O6Si. The molecule has 4 atom stereocenters. The van der Waals surface area contributed by atoms with Crippen molar-refractivity contribution in [1.29, 1.82) is 0 Å². The van der Waals surface area contributed by atoms with E-state index in [-0.39, 0.29) is 50.0 Å². The summed E-state index contributed by atoms with van der Waals surface area (Å²) in [4.78, 5) is 45.5. The fraction of sp³-hybridized carbons (Fsp3) is 0.317. The zero-order valence-electron chi connectivity index (χ0n) is 30.2. The summed E-state index contributed by atoms with van der Waals surface area (Å²) in [6, 6.07) is 29.4. The molecule has 10 nitrogen and oxygen atoms in total. The molecule has 2 aliphatic rings. The third kappa shape index (κ3) is 6.55. The van der Waals surface area contributed by atoms with Crippen LogP contribution in [0.1, 0.15) is 30.0 Å². The first kappa shape index (κ1) is 36.2. The monoisotopic (exact) mass is 734 g/mol. The van der Waals surface area contributed by atoms with Gasteiger partial charge in [-0.15, -0.1) is 0 Å². The van der Waals surface area contributed by atoms with Gasteiger partial charge in [0.25, 0.3) is 11.5 Å². The summed E-state index contributed by atoms with van der Waals surface area (Å²) >= 11 is 0. The standard InChI is InChI=1S/C41H43FN4O6Si/c1-27-38(53(3,4)42)36(23-37(48)44(19-20-47)25-28-11-6-5-7-12-28)52-41(27)34-22-32(51-2)17-18-35(34)45(40(41)50)26-29-13-10-15-31(21-29)46-39(49)33-16-9-8-14-30(33)24-43-46/h5-18,21-22,24,27,36,38,47H,19-20,23,25-26H2,1-4H3/t27-,36+,38-,41+/m0/s1. The highest BCUT2D eigenvalue weighted by Gasteiger charge is 2.67. The number of halogens is 1. The van der Waals surface area contributed by atoms with Crippen molar-refractivity contribution in [2.45, 2.75) is 56.8 Å². The molecule has 0 unspecified atom stereocenters. The van der Waals surface area contributed by atoms with Crippen LogP contribution >= 0.6 is 0 Å². The number of anilines is 1. The number of nitrogens with zero attached hydrogens (tertiary/aromatic N) is 4. The molecule has 5 aromatic rings. The molecular weight excluding hydrogens is 692 g/mol. The van der Waals surface area contributed by atoms with Crippen LogP contribution in [0.5, 0.6) is 5.75 Å². The second kappa shape index (κ2) is 14.3. The zero-order valence-corrected chi connectivity index (χ0v) is 31.2. The molecule has 0 radical (unpaired) electrons. The van der Waals surface area contributed by atoms with Crippen LogP contribution in [-0.4, -0.2) is 66.4 Å². The van der Waals surface area contributed by atoms with Crippen LogP contribution in [-0.2, 0) is 33.0 Å². The van der Waals surface area contributed by atoms with E-state index >= 15 is 4.11 Å². The van der Waals surface area contributed by atoms with Crippen LogP contribution < -0.4 is 15.2 Å². The van der Waals surface area contributed by atoms with Gasteiger partial charge in [-0.05, 0) is 60.6 Å². The number of aromatic nitrogens is 2. The van der Waals surface area contributed by atoms with Crippen molar-refractivity contribution in [3.8, 4) is 11.4 Å². The van der Waals surface area contributed by atoms with Crippen molar-refractivity contribution in [3.05, 3.63) is 130 Å². The van der Waals surface area contributed by atoms with Gasteiger partial charge in [-0.2, -0.15) is 9.78 Å². The van der Waals surface area contributed by atoms with E-state index in [1.54, 1.807) is 60.5 Å². The normalized spacial score (nSPS) is 21.0. The lowest BCUT2D eigenvalue weighted by atomic mass is 9.82. The summed E-state index contributed by atoms with van der Waals surface area (Å²) in [5.74, 6) is -0.748. The van der Waals surface area contributed by atoms with E-state index in [4.69, 9.17) is 9.47 Å². The Morgan fingerprint density at radius 2 is 1.74 bits per heavy atom. The van der Waals surface area contributed by atoms with Crippen LogP contribution in [0.25, 0.3) is 16.5 Å². The number of aliphatic hydroxyl groups excluding tert-OH is 1. The quantitative estimate of drug-likeness (QED) is 0.128. The number of rotatable bonds is 11. The lowest BCUT2D eigenvalue weighted by molar-refractivity contribution is -0.150. The average molecular weight is 735 g/mol. The van der Waals surface area contributed by atoms with Gasteiger partial charge in [-0.1, -0.05) is 67.6 Å². The first-order chi connectivity index (χ1) is 25.5. The van der Waals surface area contributed by atoms with E-state index in [0.717, 1.165) is 16.5 Å². The van der Waals surface area contributed by atoms with Crippen LogP contribution in [0.15, 0.2) is 108 Å². The highest BCUT2D eigenvalue weighted by Crippen LogP contribution is 2.60. The molecule has 0 saturated carbocycles. The van der Waals surface area contributed by atoms with Gasteiger partial charge in [-0.25, -0.2) is 0 Å². The average Bonchev–Trinajstić information content (AvgIpc) is 3.57. The highest BCUT2D eigenvalue weighted by molar-refractivity contribution is 6.72. The molecule has 7 rings (SSSR count). The van der Waals surface area contributed by atoms with Gasteiger partial charge >= 0.3 is 0 Å². The molecule has 4 aromatic carbocycles. The zero-order chi connectivity index (χ0) is 37.5. The predicted octanol–water partition coefficient (Wildman–Crippen LogP) is 6.13. The minimum Gasteiger partial charge on any atom is -0.497 e. The van der Waals surface area contributed by atoms with Gasteiger partial charge in [0.1, 0.15) is 5.75 Å². The van der Waals surface area contributed by atoms with Gasteiger partial charge in [-0.3, -0.25) is 14.4 Å². The minimum atomic E-state index is -3.56. The summed E-state index contributed by atoms with van der Waals surface area (Å²) in [5, 5.41) is 15.5. The smallest absolute Gasteiger partial charge is 0.279 e. The Labute approximate surface area is 308 Å². The molecule has 1 N–H and O–H groups in total. The maximum absolute atomic E-state index is 16.5. The van der Waals surface area contributed by atoms with Crippen LogP contribution in [0.3, 0.4) is 0 Å². The summed E-state index contributed by atoms with van der Waals surface area (Å²) in [5.41, 5.74) is 0.821. The Balaban J connectivity index is 1.24. The number of ether oxygens (including phenoxy) is 2. The van der Waals surface area contributed by atoms with Crippen LogP contribution in [0, 0.1) is 5.92 Å². The number of amides is 2. The molecule has 274 valence electrons. The Kier molecular flexibility index (Phi) is 9.79. The van der Waals surface area contributed by atoms with Crippen molar-refractivity contribution in [3.63, 3.8) is 0 Å². The molecule has 3 heterocycles. The number of methoxy groups -OCH3 is 1. The lowest BCUT2D eigenvalue weighted by Gasteiger charge is -2.31. The first-order valence-electron chi connectivity index (χ1n) is 17.8. The minimum absolute atomic E-state index is 0.106. The number of fused-ring (bicyclic) bond motifs is 3. The van der Waals surface area contributed by atoms with Crippen molar-refractivity contribution < 1.29 is 28.3 Å². The van der Waals surface area contributed by atoms with Crippen molar-refractivity contribution >= 4 is 36.7 Å². The number of aliphatic hydroxyl groups is 1. The molecule has 12 heteroatoms. The second-order valence-corrected chi connectivity index (χ2v) is 18.2. The van der Waals surface area contributed by atoms with E-state index < -0.39 is 31.6 Å². The maximum atomic E-state index is 16.5. The Bertz CT molecular complexity index is 2230. The van der Waals surface area contributed by atoms with E-state index in [9.17, 15) is 19.5 Å². The van der Waals surface area contributed by atoms with E-state index in [1.165, 1.54) is 4.68 Å². The van der Waals surface area contributed by atoms with Gasteiger partial charge in [0.15, 0.2) is 5.60 Å². The fourth-order valence-electron chi connectivity index (χ4n) is 8.27. The molecule has 1 saturated heterocycles. The van der Waals surface area contributed by atoms with Gasteiger partial charge in [0.05, 0.1) is 55.7 Å². The maximum Gasteiger partial charge on any atom is 0.279 e. The fourth-order valence-corrected chi connectivity index (χ4v) is 10.8. The van der Waals surface area contributed by atoms with Crippen molar-refractivity contribution in [2.24, 2.45) is 5.92 Å². The highest BCUT2D eigenvalue weighted by atomic mass is 28.4. The summed E-state index contributed by atoms with van der Waals surface area (Å²) in [6.45, 7) is 5.34. The SMILES string of the molecule is COc1ccc2c(c1)[C@@]1(O[C@H](CC(=O)N(CCO)Cc3ccccc3)[C@@H]([Si](C)(C)F)[C@@H]1C)C(=O)N2Cc1cccc(-n2ncc3ccccc3c2=O)c1. The third-order valence-corrected chi connectivity index (χ3v) is 13.1. The lowest BCUT2D eigenvalue weighted by Crippen LogP contribution is -2.45. The topological polar surface area (TPSA) is 114 Å². The molecule has 2 aliphatic heterocycles. The summed E-state index contributed by atoms with van der Waals surface area (Å²) < 4.78 is 30.3. The predicted molar refractivity (Wildman–Crippen MR) is 203 cm³/mol. The molecule has 0 aliphatic carbocycles. The molecule has 1 fully saturated rings. The second-order valence-electron chi connectivity index (χ2n) is 14.4. The Morgan fingerprint density at radius 1 is 1.00 bits per heavy atom. The van der Waals surface area contributed by atoms with E-state index in [0.29, 0.717) is 28.1 Å². The molecule has 0 bridgehead atoms. The van der Waals surface area contributed by atoms with Gasteiger partial charge in [0, 0.05) is 35.5 Å². The van der Waals surface area contributed by atoms with Crippen LogP contribution in [0.4, 0.5) is 9.80 Å². The third-order valence-electron chi connectivity index (χ3n) is 10.7. The van der Waals surface area contributed by atoms with Gasteiger partial charge in [0.2, 0.25) is 14.3 Å². The van der Waals surface area contributed by atoms with Crippen molar-refractivity contribution in [1.82, 2.24) is 14.7 Å². The number of benzene rings is 4. The summed E-state index contributed by atoms with van der Waals surface area (Å²) in [6.07, 6.45) is 0.613. The number of hydrogen-bond donors (Lipinski definition) is 1. The largest absolute Gasteiger partial charge is 0.497 e. The molecule has 2 amide bonds. The molecule has 1 aromatic heterocycles. The summed E-state index contributed by atoms with van der Waals surface area (Å²) in [7, 11) is -2.02.